The molecule has 2 N–H and O–H groups in total. The van der Waals surface area contributed by atoms with E-state index in [1.54, 1.807) is 0 Å². The second-order valence-electron chi connectivity index (χ2n) is 6.03. The summed E-state index contributed by atoms with van der Waals surface area (Å²) in [7, 11) is 1.98. The minimum Gasteiger partial charge on any atom is -0.324 e. The van der Waals surface area contributed by atoms with Crippen molar-refractivity contribution in [3.05, 3.63) is 64.4 Å². The van der Waals surface area contributed by atoms with Gasteiger partial charge in [0.25, 0.3) is 5.91 Å². The molecule has 1 amide bonds. The minimum absolute atomic E-state index is 0.147. The molecular formula is C19H23ClFN2O+. The van der Waals surface area contributed by atoms with E-state index in [0.717, 1.165) is 17.9 Å². The maximum Gasteiger partial charge on any atom is 0.282 e. The van der Waals surface area contributed by atoms with E-state index in [2.05, 4.69) is 36.5 Å². The van der Waals surface area contributed by atoms with E-state index in [4.69, 9.17) is 11.6 Å². The molecule has 2 aromatic rings. The fraction of sp³-hybridized carbons (Fsp3) is 0.316. The average Bonchev–Trinajstić information content (AvgIpc) is 2.57. The van der Waals surface area contributed by atoms with Crippen LogP contribution in [0.15, 0.2) is 42.5 Å². The number of hydrogen-bond acceptors (Lipinski definition) is 1. The van der Waals surface area contributed by atoms with Gasteiger partial charge in [0.2, 0.25) is 0 Å². The van der Waals surface area contributed by atoms with Gasteiger partial charge in [-0.05, 0) is 37.1 Å². The predicted molar refractivity (Wildman–Crippen MR) is 95.9 cm³/mol. The summed E-state index contributed by atoms with van der Waals surface area (Å²) in [5, 5.41) is 2.96. The molecule has 3 nitrogen and oxygen atoms in total. The van der Waals surface area contributed by atoms with Crippen molar-refractivity contribution in [2.45, 2.75) is 32.9 Å². The lowest BCUT2D eigenvalue weighted by atomic mass is 10.1. The van der Waals surface area contributed by atoms with Gasteiger partial charge in [-0.25, -0.2) is 4.39 Å². The number of amides is 1. The van der Waals surface area contributed by atoms with E-state index < -0.39 is 5.82 Å². The Bertz CT molecular complexity index is 703. The number of anilines is 1. The third-order valence-corrected chi connectivity index (χ3v) is 4.55. The van der Waals surface area contributed by atoms with Crippen molar-refractivity contribution >= 4 is 23.2 Å². The van der Waals surface area contributed by atoms with E-state index in [0.29, 0.717) is 5.69 Å². The second-order valence-corrected chi connectivity index (χ2v) is 6.44. The summed E-state index contributed by atoms with van der Waals surface area (Å²) < 4.78 is 13.1. The molecule has 128 valence electrons. The molecule has 24 heavy (non-hydrogen) atoms. The van der Waals surface area contributed by atoms with Gasteiger partial charge < -0.3 is 10.2 Å². The zero-order chi connectivity index (χ0) is 17.7. The topological polar surface area (TPSA) is 33.5 Å². The highest BCUT2D eigenvalue weighted by Gasteiger charge is 2.22. The van der Waals surface area contributed by atoms with Crippen LogP contribution in [-0.4, -0.2) is 19.0 Å². The first-order chi connectivity index (χ1) is 11.4. The van der Waals surface area contributed by atoms with Crippen LogP contribution in [-0.2, 0) is 17.8 Å². The molecule has 2 aromatic carbocycles. The normalized spacial score (nSPS) is 13.4. The Morgan fingerprint density at radius 3 is 2.42 bits per heavy atom. The van der Waals surface area contributed by atoms with Gasteiger partial charge in [0.15, 0.2) is 6.04 Å². The van der Waals surface area contributed by atoms with Gasteiger partial charge in [0, 0.05) is 5.56 Å². The number of halogens is 2. The first-order valence-corrected chi connectivity index (χ1v) is 8.44. The number of quaternary nitrogens is 1. The van der Waals surface area contributed by atoms with Gasteiger partial charge >= 0.3 is 0 Å². The van der Waals surface area contributed by atoms with E-state index >= 15 is 0 Å². The van der Waals surface area contributed by atoms with Gasteiger partial charge in [-0.15, -0.1) is 0 Å². The summed E-state index contributed by atoms with van der Waals surface area (Å²) in [6.45, 7) is 4.73. The molecule has 0 bridgehead atoms. The highest BCUT2D eigenvalue weighted by molar-refractivity contribution is 6.33. The van der Waals surface area contributed by atoms with Crippen LogP contribution in [0.4, 0.5) is 10.1 Å². The smallest absolute Gasteiger partial charge is 0.282 e. The Labute approximate surface area is 147 Å². The molecular weight excluding hydrogens is 327 g/mol. The number of rotatable bonds is 6. The van der Waals surface area contributed by atoms with Crippen LogP contribution in [0.25, 0.3) is 0 Å². The zero-order valence-electron chi connectivity index (χ0n) is 14.2. The zero-order valence-corrected chi connectivity index (χ0v) is 15.0. The van der Waals surface area contributed by atoms with Gasteiger partial charge in [-0.1, -0.05) is 42.8 Å². The Hall–Kier alpha value is -1.91. The van der Waals surface area contributed by atoms with Crippen LogP contribution in [0, 0.1) is 5.82 Å². The number of aryl methyl sites for hydroxylation is 1. The van der Waals surface area contributed by atoms with Gasteiger partial charge in [-0.2, -0.15) is 0 Å². The number of hydrogen-bond donors (Lipinski definition) is 2. The summed E-state index contributed by atoms with van der Waals surface area (Å²) in [5.41, 5.74) is 2.91. The molecule has 0 fully saturated rings. The van der Waals surface area contributed by atoms with Crippen LogP contribution < -0.4 is 10.2 Å². The number of benzene rings is 2. The van der Waals surface area contributed by atoms with Crippen molar-refractivity contribution in [2.75, 3.05) is 12.4 Å². The van der Waals surface area contributed by atoms with Crippen LogP contribution in [0.5, 0.6) is 0 Å². The molecule has 1 unspecified atom stereocenters. The summed E-state index contributed by atoms with van der Waals surface area (Å²) in [6, 6.07) is 12.1. The number of likely N-dealkylation sites (N-methyl/N-ethyl adjacent to an activating group) is 1. The Kier molecular flexibility index (Phi) is 6.35. The van der Waals surface area contributed by atoms with E-state index in [-0.39, 0.29) is 17.0 Å². The molecule has 0 spiro atoms. The monoisotopic (exact) mass is 349 g/mol. The summed E-state index contributed by atoms with van der Waals surface area (Å²) in [4.78, 5) is 13.5. The van der Waals surface area contributed by atoms with Gasteiger partial charge in [-0.3, -0.25) is 4.79 Å². The van der Waals surface area contributed by atoms with Gasteiger partial charge in [0.1, 0.15) is 12.4 Å². The SMILES string of the molecule is CCc1ccc(C[NH+](C)[C@H](C)C(=O)Nc2ccc(F)cc2Cl)cc1. The lowest BCUT2D eigenvalue weighted by Crippen LogP contribution is -3.12. The lowest BCUT2D eigenvalue weighted by molar-refractivity contribution is -0.907. The first-order valence-electron chi connectivity index (χ1n) is 8.06. The van der Waals surface area contributed by atoms with Crippen LogP contribution in [0.1, 0.15) is 25.0 Å². The lowest BCUT2D eigenvalue weighted by Gasteiger charge is -2.21. The maximum atomic E-state index is 13.1. The highest BCUT2D eigenvalue weighted by Crippen LogP contribution is 2.22. The van der Waals surface area contributed by atoms with E-state index in [1.165, 1.54) is 29.3 Å². The van der Waals surface area contributed by atoms with E-state index in [1.807, 2.05) is 14.0 Å². The second kappa shape index (κ2) is 8.27. The van der Waals surface area contributed by atoms with E-state index in [9.17, 15) is 9.18 Å². The fourth-order valence-electron chi connectivity index (χ4n) is 2.42. The molecule has 2 atom stereocenters. The number of carbonyl (C=O) groups excluding carboxylic acids is 1. The number of carbonyl (C=O) groups is 1. The van der Waals surface area contributed by atoms with Crippen LogP contribution in [0.3, 0.4) is 0 Å². The largest absolute Gasteiger partial charge is 0.324 e. The van der Waals surface area contributed by atoms with Crippen LogP contribution >= 0.6 is 11.6 Å². The van der Waals surface area contributed by atoms with Crippen molar-refractivity contribution in [3.8, 4) is 0 Å². The number of nitrogens with one attached hydrogen (secondary N) is 2. The molecule has 0 heterocycles. The highest BCUT2D eigenvalue weighted by atomic mass is 35.5. The quantitative estimate of drug-likeness (QED) is 0.825. The Morgan fingerprint density at radius 2 is 1.83 bits per heavy atom. The van der Waals surface area contributed by atoms with Crippen molar-refractivity contribution in [3.63, 3.8) is 0 Å². The maximum absolute atomic E-state index is 13.1. The third-order valence-electron chi connectivity index (χ3n) is 4.24. The standard InChI is InChI=1S/C19H22ClFN2O/c1-4-14-5-7-15(8-6-14)12-23(3)13(2)19(24)22-18-10-9-16(21)11-17(18)20/h5-11,13H,4,12H2,1-3H3,(H,22,24)/p+1/t13-/m1/s1. The van der Waals surface area contributed by atoms with Crippen LogP contribution in [0.2, 0.25) is 5.02 Å². The first kappa shape index (κ1) is 18.4. The molecule has 0 saturated heterocycles. The molecule has 0 aliphatic carbocycles. The molecule has 0 aromatic heterocycles. The fourth-order valence-corrected chi connectivity index (χ4v) is 2.64. The molecule has 0 radical (unpaired) electrons. The summed E-state index contributed by atoms with van der Waals surface area (Å²) >= 11 is 5.95. The third kappa shape index (κ3) is 4.79. The predicted octanol–water partition coefficient (Wildman–Crippen LogP) is 3.08. The molecule has 2 rings (SSSR count). The van der Waals surface area contributed by atoms with Crippen molar-refractivity contribution in [2.24, 2.45) is 0 Å². The van der Waals surface area contributed by atoms with Gasteiger partial charge in [0.05, 0.1) is 17.8 Å². The molecule has 0 saturated carbocycles. The van der Waals surface area contributed by atoms with Crippen molar-refractivity contribution in [1.82, 2.24) is 0 Å². The Balaban J connectivity index is 1.98. The molecule has 0 aliphatic heterocycles. The van der Waals surface area contributed by atoms with Crippen molar-refractivity contribution in [1.29, 1.82) is 0 Å². The summed E-state index contributed by atoms with van der Waals surface area (Å²) in [5.74, 6) is -0.574. The molecule has 0 aliphatic rings. The summed E-state index contributed by atoms with van der Waals surface area (Å²) in [6.07, 6.45) is 1.01. The average molecular weight is 350 g/mol. The van der Waals surface area contributed by atoms with Crippen molar-refractivity contribution < 1.29 is 14.1 Å². The molecule has 5 heteroatoms. The minimum atomic E-state index is -0.427. The Morgan fingerprint density at radius 1 is 1.21 bits per heavy atom.